The zero-order valence-corrected chi connectivity index (χ0v) is 26.0. The van der Waals surface area contributed by atoms with E-state index in [1.807, 2.05) is 24.5 Å². The molecule has 1 aliphatic rings. The highest BCUT2D eigenvalue weighted by molar-refractivity contribution is 6.22. The highest BCUT2D eigenvalue weighted by Gasteiger charge is 2.21. The number of pyridine rings is 2. The summed E-state index contributed by atoms with van der Waals surface area (Å²) in [5, 5.41) is 4.88. The van der Waals surface area contributed by atoms with Gasteiger partial charge in [-0.2, -0.15) is 0 Å². The topological polar surface area (TPSA) is 50.5 Å². The van der Waals surface area contributed by atoms with Gasteiger partial charge in [0.05, 0.1) is 22.8 Å². The van der Waals surface area contributed by atoms with Crippen molar-refractivity contribution in [2.24, 2.45) is 9.98 Å². The van der Waals surface area contributed by atoms with E-state index in [9.17, 15) is 0 Å². The van der Waals surface area contributed by atoms with Crippen molar-refractivity contribution >= 4 is 44.3 Å². The van der Waals surface area contributed by atoms with E-state index >= 15 is 0 Å². The van der Waals surface area contributed by atoms with Crippen molar-refractivity contribution in [3.05, 3.63) is 193 Å². The zero-order chi connectivity index (χ0) is 31.9. The van der Waals surface area contributed by atoms with E-state index in [1.165, 1.54) is 21.5 Å². The van der Waals surface area contributed by atoms with Gasteiger partial charge in [0.15, 0.2) is 0 Å². The summed E-state index contributed by atoms with van der Waals surface area (Å²) in [5.41, 5.74) is 11.6. The molecule has 224 valence electrons. The Bertz CT molecular complexity index is 2400. The molecule has 4 nitrogen and oxygen atoms in total. The Balaban J connectivity index is 1.17. The standard InChI is InChI=1S/C44H28N4/c1-3-9-31-23-35(17-15-29(31)7-1)33-11-5-13-37(25-33)43-39-27-45-21-19-41(39)48-44(40-28-46-22-20-42(40)47-43)38-14-6-12-34(26-38)36-18-16-30-8-2-4-10-32(30)24-36/h1-28H/b43-39?,44-40?,47-42?,47-43-,48-41?,48-44-. The Hall–Kier alpha value is -6.52. The molecule has 0 saturated carbocycles. The van der Waals surface area contributed by atoms with E-state index in [2.05, 4.69) is 143 Å². The molecule has 0 saturated heterocycles. The van der Waals surface area contributed by atoms with E-state index in [1.54, 1.807) is 12.4 Å². The van der Waals surface area contributed by atoms with Gasteiger partial charge in [0.25, 0.3) is 0 Å². The summed E-state index contributed by atoms with van der Waals surface area (Å²) in [6.07, 6.45) is 7.33. The second-order valence-corrected chi connectivity index (χ2v) is 12.0. The van der Waals surface area contributed by atoms with Gasteiger partial charge in [-0.05, 0) is 80.2 Å². The van der Waals surface area contributed by atoms with E-state index in [-0.39, 0.29) is 0 Å². The van der Waals surface area contributed by atoms with E-state index in [0.29, 0.717) is 0 Å². The molecular weight excluding hydrogens is 585 g/mol. The average molecular weight is 613 g/mol. The Morgan fingerprint density at radius 2 is 0.729 bits per heavy atom. The van der Waals surface area contributed by atoms with Crippen LogP contribution in [0.15, 0.2) is 180 Å². The number of aromatic nitrogens is 2. The first-order valence-electron chi connectivity index (χ1n) is 16.0. The molecule has 1 aliphatic heterocycles. The molecule has 0 spiro atoms. The molecular formula is C44H28N4. The fourth-order valence-electron chi connectivity index (χ4n) is 6.57. The maximum Gasteiger partial charge on any atom is 0.0819 e. The van der Waals surface area contributed by atoms with Crippen LogP contribution in [0.2, 0.25) is 0 Å². The third kappa shape index (κ3) is 5.06. The van der Waals surface area contributed by atoms with Crippen molar-refractivity contribution in [1.29, 1.82) is 0 Å². The highest BCUT2D eigenvalue weighted by Crippen LogP contribution is 2.35. The largest absolute Gasteiger partial charge is 0.264 e. The van der Waals surface area contributed by atoms with Crippen LogP contribution >= 0.6 is 0 Å². The summed E-state index contributed by atoms with van der Waals surface area (Å²) in [5.74, 6) is 0. The van der Waals surface area contributed by atoms with Gasteiger partial charge in [-0.15, -0.1) is 0 Å². The van der Waals surface area contributed by atoms with Crippen molar-refractivity contribution < 1.29 is 0 Å². The predicted molar refractivity (Wildman–Crippen MR) is 198 cm³/mol. The summed E-state index contributed by atoms with van der Waals surface area (Å²) in [7, 11) is 0. The van der Waals surface area contributed by atoms with Gasteiger partial charge in [-0.25, -0.2) is 9.98 Å². The molecule has 2 aromatic heterocycles. The number of hydrogen-bond donors (Lipinski definition) is 0. The highest BCUT2D eigenvalue weighted by atomic mass is 14.9. The van der Waals surface area contributed by atoms with Gasteiger partial charge in [-0.3, -0.25) is 9.97 Å². The Morgan fingerprint density at radius 3 is 1.21 bits per heavy atom. The number of hydrogen-bond acceptors (Lipinski definition) is 4. The maximum absolute atomic E-state index is 5.34. The number of fused-ring (bicyclic) bond motifs is 4. The van der Waals surface area contributed by atoms with Gasteiger partial charge in [0, 0.05) is 47.0 Å². The molecule has 0 fully saturated rings. The van der Waals surface area contributed by atoms with Crippen LogP contribution in [0, 0.1) is 0 Å². The van der Waals surface area contributed by atoms with Gasteiger partial charge >= 0.3 is 0 Å². The number of rotatable bonds is 4. The summed E-state index contributed by atoms with van der Waals surface area (Å²) in [6.45, 7) is 0. The molecule has 0 unspecified atom stereocenters. The predicted octanol–water partition coefficient (Wildman–Crippen LogP) is 10.8. The summed E-state index contributed by atoms with van der Waals surface area (Å²) in [4.78, 5) is 19.7. The third-order valence-corrected chi connectivity index (χ3v) is 9.01. The fourth-order valence-corrected chi connectivity index (χ4v) is 6.57. The van der Waals surface area contributed by atoms with Gasteiger partial charge < -0.3 is 0 Å². The average Bonchev–Trinajstić information content (AvgIpc) is 3.15. The van der Waals surface area contributed by atoms with Crippen LogP contribution in [-0.2, 0) is 0 Å². The number of aliphatic imine (C=N–C) groups is 2. The molecule has 0 bridgehead atoms. The molecule has 0 aliphatic carbocycles. The molecule has 0 amide bonds. The van der Waals surface area contributed by atoms with E-state index in [4.69, 9.17) is 9.98 Å². The van der Waals surface area contributed by atoms with Crippen LogP contribution in [0.3, 0.4) is 0 Å². The lowest BCUT2D eigenvalue weighted by Gasteiger charge is -2.18. The van der Waals surface area contributed by atoms with Crippen LogP contribution in [0.25, 0.3) is 43.8 Å². The minimum atomic E-state index is 0.806. The first-order valence-corrected chi connectivity index (χ1v) is 16.0. The second kappa shape index (κ2) is 11.7. The molecule has 8 aromatic rings. The summed E-state index contributed by atoms with van der Waals surface area (Å²) in [6, 6.07) is 51.2. The first-order chi connectivity index (χ1) is 23.8. The molecule has 3 heterocycles. The zero-order valence-electron chi connectivity index (χ0n) is 26.0. The van der Waals surface area contributed by atoms with Gasteiger partial charge in [0.2, 0.25) is 0 Å². The van der Waals surface area contributed by atoms with Crippen LogP contribution in [0.1, 0.15) is 22.3 Å². The molecule has 6 aromatic carbocycles. The fraction of sp³-hybridized carbons (Fsp3) is 0. The monoisotopic (exact) mass is 612 g/mol. The molecule has 0 N–H and O–H groups in total. The van der Waals surface area contributed by atoms with Crippen molar-refractivity contribution in [2.45, 2.75) is 0 Å². The number of benzene rings is 6. The van der Waals surface area contributed by atoms with Crippen molar-refractivity contribution in [1.82, 2.24) is 9.97 Å². The van der Waals surface area contributed by atoms with Crippen LogP contribution < -0.4 is 0 Å². The molecule has 0 radical (unpaired) electrons. The normalized spacial score (nSPS) is 14.6. The minimum Gasteiger partial charge on any atom is -0.264 e. The van der Waals surface area contributed by atoms with E-state index < -0.39 is 0 Å². The number of nitrogens with zero attached hydrogens (tertiary/aromatic N) is 4. The minimum absolute atomic E-state index is 0.806. The Labute approximate surface area is 278 Å². The lowest BCUT2D eigenvalue weighted by Crippen LogP contribution is -2.11. The Morgan fingerprint density at radius 1 is 0.312 bits per heavy atom. The molecule has 48 heavy (non-hydrogen) atoms. The second-order valence-electron chi connectivity index (χ2n) is 12.0. The van der Waals surface area contributed by atoms with Crippen LogP contribution in [-0.4, -0.2) is 21.4 Å². The SMILES string of the molecule is c1cc(/C2=N/c3ccncc3/C(c3cccc(-c4ccc5ccccc5c4)c3)=N\c3ccncc32)cc(-c2ccc3ccccc3c2)c1. The molecule has 9 rings (SSSR count). The van der Waals surface area contributed by atoms with Crippen molar-refractivity contribution in [3.8, 4) is 22.3 Å². The lowest BCUT2D eigenvalue weighted by atomic mass is 9.94. The first kappa shape index (κ1) is 27.8. The van der Waals surface area contributed by atoms with Crippen molar-refractivity contribution in [3.63, 3.8) is 0 Å². The van der Waals surface area contributed by atoms with E-state index in [0.717, 1.165) is 67.3 Å². The lowest BCUT2D eigenvalue weighted by molar-refractivity contribution is 1.26. The smallest absolute Gasteiger partial charge is 0.0819 e. The molecule has 4 heteroatoms. The van der Waals surface area contributed by atoms with Crippen molar-refractivity contribution in [2.75, 3.05) is 0 Å². The van der Waals surface area contributed by atoms with Crippen LogP contribution in [0.5, 0.6) is 0 Å². The summed E-state index contributed by atoms with van der Waals surface area (Å²) >= 11 is 0. The van der Waals surface area contributed by atoms with Crippen LogP contribution in [0.4, 0.5) is 11.4 Å². The maximum atomic E-state index is 5.34. The van der Waals surface area contributed by atoms with Gasteiger partial charge in [0.1, 0.15) is 0 Å². The quantitative estimate of drug-likeness (QED) is 0.199. The summed E-state index contributed by atoms with van der Waals surface area (Å²) < 4.78 is 0. The van der Waals surface area contributed by atoms with Gasteiger partial charge in [-0.1, -0.05) is 109 Å². The third-order valence-electron chi connectivity index (χ3n) is 9.01. The Kier molecular flexibility index (Phi) is 6.76. The molecule has 0 atom stereocenters.